The first-order chi connectivity index (χ1) is 11.9. The zero-order valence-electron chi connectivity index (χ0n) is 15.5. The van der Waals surface area contributed by atoms with Crippen LogP contribution in [-0.4, -0.2) is 61.2 Å². The fraction of sp³-hybridized carbons (Fsp3) is 0.550. The molecule has 25 heavy (non-hydrogen) atoms. The number of aromatic nitrogens is 1. The molecule has 0 atom stereocenters. The maximum Gasteiger partial charge on any atom is 0.248 e. The van der Waals surface area contributed by atoms with Gasteiger partial charge >= 0.3 is 0 Å². The van der Waals surface area contributed by atoms with Crippen molar-refractivity contribution in [2.24, 2.45) is 5.41 Å². The number of fused-ring (bicyclic) bond motifs is 1. The number of aromatic amines is 1. The van der Waals surface area contributed by atoms with Gasteiger partial charge in [-0.2, -0.15) is 0 Å². The molecule has 1 aliphatic rings. The van der Waals surface area contributed by atoms with E-state index in [4.69, 9.17) is 4.74 Å². The van der Waals surface area contributed by atoms with Crippen molar-refractivity contribution in [3.63, 3.8) is 0 Å². The van der Waals surface area contributed by atoms with Gasteiger partial charge in [0, 0.05) is 49.7 Å². The predicted octanol–water partition coefficient (Wildman–Crippen LogP) is 2.32. The Bertz CT molecular complexity index is 763. The van der Waals surface area contributed by atoms with Crippen LogP contribution in [0.1, 0.15) is 19.4 Å². The molecule has 0 aliphatic carbocycles. The van der Waals surface area contributed by atoms with Crippen LogP contribution < -0.4 is 5.56 Å². The summed E-state index contributed by atoms with van der Waals surface area (Å²) in [4.78, 5) is 19.7. The monoisotopic (exact) mass is 343 g/mol. The van der Waals surface area contributed by atoms with Crippen molar-refractivity contribution >= 4 is 10.9 Å². The Morgan fingerprint density at radius 2 is 1.96 bits per heavy atom. The summed E-state index contributed by atoms with van der Waals surface area (Å²) in [5.74, 6) is 0. The van der Waals surface area contributed by atoms with Gasteiger partial charge in [0.05, 0.1) is 13.2 Å². The number of nitrogens with one attached hydrogen (secondary N) is 1. The molecule has 1 aromatic heterocycles. The lowest BCUT2D eigenvalue weighted by Crippen LogP contribution is -2.45. The predicted molar refractivity (Wildman–Crippen MR) is 102 cm³/mol. The van der Waals surface area contributed by atoms with Crippen LogP contribution in [0.25, 0.3) is 10.9 Å². The van der Waals surface area contributed by atoms with Crippen molar-refractivity contribution in [3.05, 3.63) is 46.2 Å². The molecule has 2 heterocycles. The van der Waals surface area contributed by atoms with E-state index in [1.807, 2.05) is 18.2 Å². The largest absolute Gasteiger partial charge is 0.379 e. The lowest BCUT2D eigenvalue weighted by molar-refractivity contribution is 0.0161. The molecule has 2 aromatic rings. The van der Waals surface area contributed by atoms with E-state index in [0.29, 0.717) is 0 Å². The number of nitrogens with zero attached hydrogens (tertiary/aromatic N) is 2. The van der Waals surface area contributed by atoms with Crippen molar-refractivity contribution in [2.45, 2.75) is 20.4 Å². The third-order valence-electron chi connectivity index (χ3n) is 4.73. The number of pyridine rings is 1. The van der Waals surface area contributed by atoms with Gasteiger partial charge < -0.3 is 14.6 Å². The van der Waals surface area contributed by atoms with Crippen molar-refractivity contribution in [2.75, 3.05) is 46.4 Å². The van der Waals surface area contributed by atoms with Crippen molar-refractivity contribution < 1.29 is 4.74 Å². The molecule has 0 radical (unpaired) electrons. The molecule has 136 valence electrons. The van der Waals surface area contributed by atoms with Crippen LogP contribution in [0, 0.1) is 5.41 Å². The van der Waals surface area contributed by atoms with Gasteiger partial charge in [-0.3, -0.25) is 9.69 Å². The number of morpholine rings is 1. The Kier molecular flexibility index (Phi) is 5.57. The second-order valence-electron chi connectivity index (χ2n) is 7.93. The number of H-pyrrole nitrogens is 1. The molecule has 1 saturated heterocycles. The first-order valence-electron chi connectivity index (χ1n) is 9.03. The van der Waals surface area contributed by atoms with E-state index >= 15 is 0 Å². The van der Waals surface area contributed by atoms with E-state index < -0.39 is 0 Å². The van der Waals surface area contributed by atoms with Gasteiger partial charge in [0.15, 0.2) is 0 Å². The zero-order chi connectivity index (χ0) is 17.9. The first kappa shape index (κ1) is 18.1. The summed E-state index contributed by atoms with van der Waals surface area (Å²) in [5, 5.41) is 1.12. The second kappa shape index (κ2) is 7.68. The second-order valence-corrected chi connectivity index (χ2v) is 7.93. The molecule has 1 fully saturated rings. The van der Waals surface area contributed by atoms with Crippen LogP contribution in [0.5, 0.6) is 0 Å². The molecular weight excluding hydrogens is 314 g/mol. The fourth-order valence-electron chi connectivity index (χ4n) is 3.90. The molecule has 1 aromatic carbocycles. The van der Waals surface area contributed by atoms with Gasteiger partial charge in [0.1, 0.15) is 0 Å². The molecule has 0 bridgehead atoms. The van der Waals surface area contributed by atoms with Gasteiger partial charge in [0.25, 0.3) is 0 Å². The molecule has 5 nitrogen and oxygen atoms in total. The number of hydrogen-bond acceptors (Lipinski definition) is 4. The highest BCUT2D eigenvalue weighted by Gasteiger charge is 2.25. The zero-order valence-corrected chi connectivity index (χ0v) is 15.5. The number of para-hydroxylation sites is 1. The summed E-state index contributed by atoms with van der Waals surface area (Å²) in [5.41, 5.74) is 2.15. The summed E-state index contributed by atoms with van der Waals surface area (Å²) in [6.07, 6.45) is 0. The molecule has 1 N–H and O–H groups in total. The highest BCUT2D eigenvalue weighted by atomic mass is 16.5. The number of rotatable bonds is 6. The van der Waals surface area contributed by atoms with Gasteiger partial charge in [-0.1, -0.05) is 32.0 Å². The summed E-state index contributed by atoms with van der Waals surface area (Å²) in [7, 11) is 2.14. The van der Waals surface area contributed by atoms with Gasteiger partial charge in [-0.05, 0) is 24.1 Å². The minimum Gasteiger partial charge on any atom is -0.379 e. The Morgan fingerprint density at radius 1 is 1.24 bits per heavy atom. The topological polar surface area (TPSA) is 48.6 Å². The van der Waals surface area contributed by atoms with Crippen LogP contribution >= 0.6 is 0 Å². The van der Waals surface area contributed by atoms with Crippen molar-refractivity contribution in [3.8, 4) is 0 Å². The summed E-state index contributed by atoms with van der Waals surface area (Å²) in [6.45, 7) is 11.2. The molecule has 1 aliphatic heterocycles. The highest BCUT2D eigenvalue weighted by molar-refractivity contribution is 5.81. The van der Waals surface area contributed by atoms with Crippen LogP contribution in [0.4, 0.5) is 0 Å². The summed E-state index contributed by atoms with van der Waals surface area (Å²) >= 11 is 0. The quantitative estimate of drug-likeness (QED) is 0.874. The smallest absolute Gasteiger partial charge is 0.248 e. The molecule has 0 spiro atoms. The van der Waals surface area contributed by atoms with Crippen molar-refractivity contribution in [1.82, 2.24) is 14.8 Å². The van der Waals surface area contributed by atoms with Crippen LogP contribution in [-0.2, 0) is 11.3 Å². The normalized spacial score (nSPS) is 16.6. The third kappa shape index (κ3) is 4.91. The van der Waals surface area contributed by atoms with Crippen LogP contribution in [0.15, 0.2) is 35.1 Å². The van der Waals surface area contributed by atoms with Crippen LogP contribution in [0.2, 0.25) is 0 Å². The molecule has 0 unspecified atom stereocenters. The molecule has 0 saturated carbocycles. The van der Waals surface area contributed by atoms with Gasteiger partial charge in [-0.25, -0.2) is 0 Å². The van der Waals surface area contributed by atoms with Crippen LogP contribution in [0.3, 0.4) is 0 Å². The van der Waals surface area contributed by atoms with E-state index in [1.54, 1.807) is 6.07 Å². The molecule has 3 rings (SSSR count). The Balaban J connectivity index is 1.67. The molecule has 0 amide bonds. The van der Waals surface area contributed by atoms with Crippen molar-refractivity contribution in [1.29, 1.82) is 0 Å². The maximum absolute atomic E-state index is 11.9. The lowest BCUT2D eigenvalue weighted by Gasteiger charge is -2.37. The lowest BCUT2D eigenvalue weighted by atomic mass is 9.91. The Hall–Kier alpha value is -1.69. The van der Waals surface area contributed by atoms with E-state index in [1.165, 1.54) is 0 Å². The average Bonchev–Trinajstić information content (AvgIpc) is 2.54. The summed E-state index contributed by atoms with van der Waals surface area (Å²) < 4.78 is 5.44. The average molecular weight is 343 g/mol. The van der Waals surface area contributed by atoms with E-state index in [9.17, 15) is 4.79 Å². The first-order valence-corrected chi connectivity index (χ1v) is 9.03. The molecular formula is C20H29N3O2. The summed E-state index contributed by atoms with van der Waals surface area (Å²) in [6, 6.07) is 9.74. The Labute approximate surface area is 149 Å². The highest BCUT2D eigenvalue weighted by Crippen LogP contribution is 2.22. The molecule has 5 heteroatoms. The fourth-order valence-corrected chi connectivity index (χ4v) is 3.90. The van der Waals surface area contributed by atoms with E-state index in [0.717, 1.165) is 62.4 Å². The Morgan fingerprint density at radius 3 is 2.72 bits per heavy atom. The SMILES string of the molecule is CN(Cc1cc(=O)[nH]c2ccccc12)CC(C)(C)CN1CCOCC1. The number of benzene rings is 1. The number of ether oxygens (including phenoxy) is 1. The van der Waals surface area contributed by atoms with E-state index in [2.05, 4.69) is 41.7 Å². The third-order valence-corrected chi connectivity index (χ3v) is 4.73. The minimum absolute atomic E-state index is 0.0327. The van der Waals surface area contributed by atoms with E-state index in [-0.39, 0.29) is 11.0 Å². The van der Waals surface area contributed by atoms with Gasteiger partial charge in [-0.15, -0.1) is 0 Å². The minimum atomic E-state index is -0.0327. The number of hydrogen-bond donors (Lipinski definition) is 1. The van der Waals surface area contributed by atoms with Gasteiger partial charge in [0.2, 0.25) is 5.56 Å². The maximum atomic E-state index is 11.9. The standard InChI is InChI=1S/C20H29N3O2/c1-20(2,15-23-8-10-25-11-9-23)14-22(3)13-16-12-19(24)21-18-7-5-4-6-17(16)18/h4-7,12H,8-11,13-15H2,1-3H3,(H,21,24).